The summed E-state index contributed by atoms with van der Waals surface area (Å²) in [6.45, 7) is 1.81. The first-order valence-electron chi connectivity index (χ1n) is 5.91. The zero-order chi connectivity index (χ0) is 13.8. The lowest BCUT2D eigenvalue weighted by Gasteiger charge is -2.11. The van der Waals surface area contributed by atoms with Gasteiger partial charge >= 0.3 is 0 Å². The van der Waals surface area contributed by atoms with Crippen molar-refractivity contribution in [1.29, 1.82) is 0 Å². The fourth-order valence-electron chi connectivity index (χ4n) is 1.87. The van der Waals surface area contributed by atoms with Gasteiger partial charge in [-0.1, -0.05) is 6.92 Å². The van der Waals surface area contributed by atoms with E-state index in [1.165, 1.54) is 25.3 Å². The minimum Gasteiger partial charge on any atom is -0.494 e. The van der Waals surface area contributed by atoms with Gasteiger partial charge in [0.2, 0.25) is 0 Å². The van der Waals surface area contributed by atoms with Gasteiger partial charge in [-0.15, -0.1) is 0 Å². The molecule has 0 fully saturated rings. The summed E-state index contributed by atoms with van der Waals surface area (Å²) >= 11 is 0. The van der Waals surface area contributed by atoms with Crippen LogP contribution in [-0.4, -0.2) is 17.9 Å². The van der Waals surface area contributed by atoms with E-state index in [0.29, 0.717) is 5.56 Å². The quantitative estimate of drug-likeness (QED) is 0.791. The highest BCUT2D eigenvalue weighted by Crippen LogP contribution is 2.24. The predicted molar refractivity (Wildman–Crippen MR) is 69.9 cm³/mol. The van der Waals surface area contributed by atoms with Crippen molar-refractivity contribution in [3.63, 3.8) is 0 Å². The largest absolute Gasteiger partial charge is 0.494 e. The van der Waals surface area contributed by atoms with Crippen molar-refractivity contribution in [3.8, 4) is 5.75 Å². The first kappa shape index (κ1) is 13.2. The van der Waals surface area contributed by atoms with Crippen LogP contribution >= 0.6 is 0 Å². The molecule has 0 amide bonds. The van der Waals surface area contributed by atoms with Gasteiger partial charge in [-0.3, -0.25) is 9.78 Å². The second-order valence-electron chi connectivity index (χ2n) is 4.22. The Hall–Kier alpha value is -2.23. The first-order valence-corrected chi connectivity index (χ1v) is 5.91. The third-order valence-electron chi connectivity index (χ3n) is 3.04. The van der Waals surface area contributed by atoms with E-state index in [2.05, 4.69) is 4.98 Å². The highest BCUT2D eigenvalue weighted by molar-refractivity contribution is 6.01. The number of ether oxygens (including phenoxy) is 1. The molecule has 4 heteroatoms. The molecular weight excluding hydrogens is 245 g/mol. The van der Waals surface area contributed by atoms with Gasteiger partial charge in [-0.05, 0) is 35.9 Å². The fraction of sp³-hybridized carbons (Fsp3) is 0.200. The lowest BCUT2D eigenvalue weighted by atomic mass is 9.93. The van der Waals surface area contributed by atoms with Crippen LogP contribution in [0.5, 0.6) is 5.75 Å². The number of Topliss-reactive ketones (excluding diaryl/α,β-unsaturated/α-hetero) is 1. The zero-order valence-corrected chi connectivity index (χ0v) is 10.8. The van der Waals surface area contributed by atoms with Crippen LogP contribution in [0, 0.1) is 5.82 Å². The number of aromatic nitrogens is 1. The SMILES string of the molecule is COc1cc(C(=O)C(C)c2ccncc2)ccc1F. The molecule has 1 aromatic heterocycles. The molecule has 0 spiro atoms. The first-order chi connectivity index (χ1) is 9.13. The summed E-state index contributed by atoms with van der Waals surface area (Å²) in [4.78, 5) is 16.2. The van der Waals surface area contributed by atoms with Gasteiger partial charge in [0.1, 0.15) is 0 Å². The molecule has 0 saturated heterocycles. The molecule has 0 bridgehead atoms. The zero-order valence-electron chi connectivity index (χ0n) is 10.8. The fourth-order valence-corrected chi connectivity index (χ4v) is 1.87. The highest BCUT2D eigenvalue weighted by Gasteiger charge is 2.18. The van der Waals surface area contributed by atoms with Crippen LogP contribution in [0.3, 0.4) is 0 Å². The number of ketones is 1. The van der Waals surface area contributed by atoms with Gasteiger partial charge in [0.25, 0.3) is 0 Å². The Morgan fingerprint density at radius 1 is 1.26 bits per heavy atom. The summed E-state index contributed by atoms with van der Waals surface area (Å²) in [5.41, 5.74) is 1.31. The second kappa shape index (κ2) is 5.61. The molecule has 1 atom stereocenters. The van der Waals surface area contributed by atoms with E-state index in [9.17, 15) is 9.18 Å². The van der Waals surface area contributed by atoms with E-state index in [1.807, 2.05) is 6.92 Å². The van der Waals surface area contributed by atoms with E-state index in [-0.39, 0.29) is 17.5 Å². The Bertz CT molecular complexity index is 584. The molecule has 0 radical (unpaired) electrons. The maximum atomic E-state index is 13.3. The Kier molecular flexibility index (Phi) is 3.90. The van der Waals surface area contributed by atoms with Crippen molar-refractivity contribution in [2.45, 2.75) is 12.8 Å². The summed E-state index contributed by atoms with van der Waals surface area (Å²) in [6, 6.07) is 7.73. The molecule has 0 aliphatic carbocycles. The van der Waals surface area contributed by atoms with Gasteiger partial charge in [0.05, 0.1) is 7.11 Å². The van der Waals surface area contributed by atoms with Crippen molar-refractivity contribution in [1.82, 2.24) is 4.98 Å². The number of pyridine rings is 1. The standard InChI is InChI=1S/C15H14FNO2/c1-10(11-5-7-17-8-6-11)15(18)12-3-4-13(16)14(9-12)19-2/h3-10H,1-2H3. The average molecular weight is 259 g/mol. The summed E-state index contributed by atoms with van der Waals surface area (Å²) in [7, 11) is 1.37. The predicted octanol–water partition coefficient (Wildman–Crippen LogP) is 3.22. The minimum absolute atomic E-state index is 0.0766. The number of carbonyl (C=O) groups is 1. The van der Waals surface area contributed by atoms with E-state index in [0.717, 1.165) is 5.56 Å². The molecule has 0 aliphatic heterocycles. The molecule has 2 aromatic rings. The van der Waals surface area contributed by atoms with E-state index in [1.54, 1.807) is 24.5 Å². The van der Waals surface area contributed by atoms with Crippen LogP contribution in [0.1, 0.15) is 28.8 Å². The number of hydrogen-bond acceptors (Lipinski definition) is 3. The van der Waals surface area contributed by atoms with Gasteiger partial charge in [0.15, 0.2) is 17.3 Å². The normalized spacial score (nSPS) is 11.9. The maximum absolute atomic E-state index is 13.3. The molecule has 0 saturated carbocycles. The molecule has 0 N–H and O–H groups in total. The lowest BCUT2D eigenvalue weighted by molar-refractivity contribution is 0.0965. The topological polar surface area (TPSA) is 39.2 Å². The minimum atomic E-state index is -0.476. The lowest BCUT2D eigenvalue weighted by Crippen LogP contribution is -2.10. The van der Waals surface area contributed by atoms with Gasteiger partial charge in [-0.25, -0.2) is 4.39 Å². The van der Waals surface area contributed by atoms with Crippen molar-refractivity contribution < 1.29 is 13.9 Å². The number of nitrogens with zero attached hydrogens (tertiary/aromatic N) is 1. The monoisotopic (exact) mass is 259 g/mol. The smallest absolute Gasteiger partial charge is 0.170 e. The number of rotatable bonds is 4. The van der Waals surface area contributed by atoms with Crippen molar-refractivity contribution >= 4 is 5.78 Å². The molecule has 1 aromatic carbocycles. The molecule has 98 valence electrons. The van der Waals surface area contributed by atoms with Crippen molar-refractivity contribution in [3.05, 3.63) is 59.7 Å². The van der Waals surface area contributed by atoms with Gasteiger partial charge in [0, 0.05) is 23.9 Å². The maximum Gasteiger partial charge on any atom is 0.170 e. The van der Waals surface area contributed by atoms with Crippen molar-refractivity contribution in [2.24, 2.45) is 0 Å². The summed E-state index contributed by atoms with van der Waals surface area (Å²) in [6.07, 6.45) is 3.29. The average Bonchev–Trinajstić information content (AvgIpc) is 2.47. The number of methoxy groups -OCH3 is 1. The van der Waals surface area contributed by atoms with Crippen LogP contribution in [0.2, 0.25) is 0 Å². The molecule has 1 heterocycles. The third kappa shape index (κ3) is 2.78. The van der Waals surface area contributed by atoms with Gasteiger partial charge in [-0.2, -0.15) is 0 Å². The Morgan fingerprint density at radius 2 is 1.95 bits per heavy atom. The van der Waals surface area contributed by atoms with Crippen LogP contribution in [0.25, 0.3) is 0 Å². The summed E-state index contributed by atoms with van der Waals surface area (Å²) < 4.78 is 18.2. The molecule has 3 nitrogen and oxygen atoms in total. The van der Waals surface area contributed by atoms with E-state index >= 15 is 0 Å². The molecular formula is C15H14FNO2. The number of benzene rings is 1. The number of carbonyl (C=O) groups excluding carboxylic acids is 1. The third-order valence-corrected chi connectivity index (χ3v) is 3.04. The molecule has 0 aliphatic rings. The summed E-state index contributed by atoms with van der Waals surface area (Å²) in [5.74, 6) is -0.786. The second-order valence-corrected chi connectivity index (χ2v) is 4.22. The van der Waals surface area contributed by atoms with Crippen LogP contribution < -0.4 is 4.74 Å². The van der Waals surface area contributed by atoms with E-state index in [4.69, 9.17) is 4.74 Å². The summed E-state index contributed by atoms with van der Waals surface area (Å²) in [5, 5.41) is 0. The Labute approximate surface area is 111 Å². The van der Waals surface area contributed by atoms with Gasteiger partial charge < -0.3 is 4.74 Å². The number of halogens is 1. The molecule has 1 unspecified atom stereocenters. The van der Waals surface area contributed by atoms with Crippen LogP contribution in [-0.2, 0) is 0 Å². The highest BCUT2D eigenvalue weighted by atomic mass is 19.1. The van der Waals surface area contributed by atoms with E-state index < -0.39 is 5.82 Å². The van der Waals surface area contributed by atoms with Crippen molar-refractivity contribution in [2.75, 3.05) is 7.11 Å². The van der Waals surface area contributed by atoms with Crippen LogP contribution in [0.15, 0.2) is 42.7 Å². The Balaban J connectivity index is 2.29. The molecule has 2 rings (SSSR count). The van der Waals surface area contributed by atoms with Crippen LogP contribution in [0.4, 0.5) is 4.39 Å². The Morgan fingerprint density at radius 3 is 2.58 bits per heavy atom. The number of hydrogen-bond donors (Lipinski definition) is 0. The molecule has 19 heavy (non-hydrogen) atoms.